The molecule has 1 heterocycles. The van der Waals surface area contributed by atoms with E-state index in [1.807, 2.05) is 0 Å². The Hall–Kier alpha value is -1.98. The van der Waals surface area contributed by atoms with E-state index in [1.165, 1.54) is 4.90 Å². The standard InChI is InChI=1S/C12H20N4O2/c1-8(11(17)14-2)6-16(4)12(18)10-5-9(13)7-15(10)3/h5,7-8H,6,13H2,1-4H3,(H,14,17). The fraction of sp³-hybridized carbons (Fsp3) is 0.500. The summed E-state index contributed by atoms with van der Waals surface area (Å²) >= 11 is 0. The molecule has 0 aliphatic heterocycles. The Labute approximate surface area is 107 Å². The minimum absolute atomic E-state index is 0.0824. The molecule has 1 atom stereocenters. The summed E-state index contributed by atoms with van der Waals surface area (Å²) in [7, 11) is 5.02. The van der Waals surface area contributed by atoms with E-state index >= 15 is 0 Å². The number of amides is 2. The molecule has 1 rings (SSSR count). The zero-order valence-corrected chi connectivity index (χ0v) is 11.2. The number of nitrogens with one attached hydrogen (secondary N) is 1. The number of aromatic nitrogens is 1. The predicted molar refractivity (Wildman–Crippen MR) is 70.0 cm³/mol. The Kier molecular flexibility index (Phi) is 4.36. The molecule has 1 aromatic heterocycles. The normalized spacial score (nSPS) is 12.0. The fourth-order valence-corrected chi connectivity index (χ4v) is 1.82. The van der Waals surface area contributed by atoms with Crippen LogP contribution in [0.4, 0.5) is 5.69 Å². The van der Waals surface area contributed by atoms with E-state index in [0.717, 1.165) is 0 Å². The maximum atomic E-state index is 12.1. The Balaban J connectivity index is 2.73. The summed E-state index contributed by atoms with van der Waals surface area (Å²) in [6, 6.07) is 1.63. The van der Waals surface area contributed by atoms with Crippen molar-refractivity contribution in [1.29, 1.82) is 0 Å². The molecule has 0 fully saturated rings. The van der Waals surface area contributed by atoms with Gasteiger partial charge in [0.05, 0.1) is 11.6 Å². The monoisotopic (exact) mass is 252 g/mol. The average Bonchev–Trinajstić information content (AvgIpc) is 2.66. The number of hydrogen-bond donors (Lipinski definition) is 2. The van der Waals surface area contributed by atoms with Gasteiger partial charge in [0, 0.05) is 33.9 Å². The third kappa shape index (κ3) is 3.03. The quantitative estimate of drug-likeness (QED) is 0.795. The summed E-state index contributed by atoms with van der Waals surface area (Å²) in [4.78, 5) is 25.1. The molecule has 100 valence electrons. The molecule has 0 aliphatic carbocycles. The first-order chi connectivity index (χ1) is 8.36. The predicted octanol–water partition coefficient (Wildman–Crippen LogP) is 0.0614. The summed E-state index contributed by atoms with van der Waals surface area (Å²) < 4.78 is 1.68. The third-order valence-electron chi connectivity index (χ3n) is 2.83. The van der Waals surface area contributed by atoms with E-state index in [0.29, 0.717) is 17.9 Å². The van der Waals surface area contributed by atoms with Crippen LogP contribution in [-0.2, 0) is 11.8 Å². The number of nitrogens with zero attached hydrogens (tertiary/aromatic N) is 2. The van der Waals surface area contributed by atoms with E-state index in [4.69, 9.17) is 5.73 Å². The van der Waals surface area contributed by atoms with Gasteiger partial charge in [0.25, 0.3) is 5.91 Å². The van der Waals surface area contributed by atoms with Crippen LogP contribution in [-0.4, -0.2) is 41.9 Å². The fourth-order valence-electron chi connectivity index (χ4n) is 1.82. The van der Waals surface area contributed by atoms with Crippen molar-refractivity contribution in [3.8, 4) is 0 Å². The molecule has 0 radical (unpaired) electrons. The number of nitrogens with two attached hydrogens (primary N) is 1. The second-order valence-corrected chi connectivity index (χ2v) is 4.47. The van der Waals surface area contributed by atoms with Gasteiger partial charge in [-0.25, -0.2) is 0 Å². The molecule has 0 spiro atoms. The highest BCUT2D eigenvalue weighted by atomic mass is 16.2. The largest absolute Gasteiger partial charge is 0.397 e. The Morgan fingerprint density at radius 3 is 2.61 bits per heavy atom. The highest BCUT2D eigenvalue weighted by Gasteiger charge is 2.20. The molecule has 1 unspecified atom stereocenters. The van der Waals surface area contributed by atoms with Crippen LogP contribution in [0.3, 0.4) is 0 Å². The molecule has 3 N–H and O–H groups in total. The van der Waals surface area contributed by atoms with E-state index in [1.54, 1.807) is 44.9 Å². The summed E-state index contributed by atoms with van der Waals surface area (Å²) in [6.07, 6.45) is 1.68. The first-order valence-electron chi connectivity index (χ1n) is 5.75. The first kappa shape index (κ1) is 14.1. The Bertz CT molecular complexity index is 453. The van der Waals surface area contributed by atoms with Gasteiger partial charge in [0.15, 0.2) is 0 Å². The van der Waals surface area contributed by atoms with Crippen LogP contribution in [0.2, 0.25) is 0 Å². The van der Waals surface area contributed by atoms with Crippen LogP contribution < -0.4 is 11.1 Å². The van der Waals surface area contributed by atoms with Gasteiger partial charge in [-0.2, -0.15) is 0 Å². The van der Waals surface area contributed by atoms with E-state index in [2.05, 4.69) is 5.32 Å². The van der Waals surface area contributed by atoms with Crippen LogP contribution in [0.1, 0.15) is 17.4 Å². The highest BCUT2D eigenvalue weighted by molar-refractivity contribution is 5.94. The molecule has 0 bridgehead atoms. The number of anilines is 1. The summed E-state index contributed by atoms with van der Waals surface area (Å²) in [5.74, 6) is -0.479. The van der Waals surface area contributed by atoms with Crippen molar-refractivity contribution in [2.24, 2.45) is 13.0 Å². The summed E-state index contributed by atoms with van der Waals surface area (Å²) in [6.45, 7) is 2.14. The molecule has 0 aromatic carbocycles. The van der Waals surface area contributed by atoms with Gasteiger partial charge in [0.1, 0.15) is 5.69 Å². The number of nitrogen functional groups attached to an aromatic ring is 1. The van der Waals surface area contributed by atoms with Gasteiger partial charge in [-0.15, -0.1) is 0 Å². The number of aryl methyl sites for hydroxylation is 1. The van der Waals surface area contributed by atoms with E-state index in [-0.39, 0.29) is 17.7 Å². The van der Waals surface area contributed by atoms with Crippen LogP contribution in [0.25, 0.3) is 0 Å². The second-order valence-electron chi connectivity index (χ2n) is 4.47. The Morgan fingerprint density at radius 2 is 2.17 bits per heavy atom. The molecule has 0 saturated carbocycles. The first-order valence-corrected chi connectivity index (χ1v) is 5.75. The second kappa shape index (κ2) is 5.57. The highest BCUT2D eigenvalue weighted by Crippen LogP contribution is 2.11. The van der Waals surface area contributed by atoms with Crippen molar-refractivity contribution in [2.75, 3.05) is 26.4 Å². The van der Waals surface area contributed by atoms with Crippen LogP contribution in [0.5, 0.6) is 0 Å². The minimum atomic E-state index is -0.249. The van der Waals surface area contributed by atoms with Crippen molar-refractivity contribution in [3.05, 3.63) is 18.0 Å². The lowest BCUT2D eigenvalue weighted by atomic mass is 10.1. The van der Waals surface area contributed by atoms with Crippen LogP contribution >= 0.6 is 0 Å². The molecular formula is C12H20N4O2. The number of carbonyl (C=O) groups excluding carboxylic acids is 2. The average molecular weight is 252 g/mol. The van der Waals surface area contributed by atoms with Gasteiger partial charge in [-0.05, 0) is 6.07 Å². The Morgan fingerprint density at radius 1 is 1.56 bits per heavy atom. The molecule has 0 aliphatic rings. The summed E-state index contributed by atoms with van der Waals surface area (Å²) in [5.41, 5.74) is 6.70. The van der Waals surface area contributed by atoms with Crippen molar-refractivity contribution >= 4 is 17.5 Å². The molecule has 6 heteroatoms. The van der Waals surface area contributed by atoms with Crippen LogP contribution in [0, 0.1) is 5.92 Å². The topological polar surface area (TPSA) is 80.4 Å². The minimum Gasteiger partial charge on any atom is -0.397 e. The van der Waals surface area contributed by atoms with Crippen molar-refractivity contribution < 1.29 is 9.59 Å². The maximum absolute atomic E-state index is 12.1. The molecule has 2 amide bonds. The molecule has 1 aromatic rings. The maximum Gasteiger partial charge on any atom is 0.270 e. The van der Waals surface area contributed by atoms with Crippen LogP contribution in [0.15, 0.2) is 12.3 Å². The number of carbonyl (C=O) groups is 2. The number of hydrogen-bond acceptors (Lipinski definition) is 3. The molecule has 6 nitrogen and oxygen atoms in total. The lowest BCUT2D eigenvalue weighted by Gasteiger charge is -2.20. The zero-order valence-electron chi connectivity index (χ0n) is 11.2. The van der Waals surface area contributed by atoms with Gasteiger partial charge in [-0.1, -0.05) is 6.92 Å². The van der Waals surface area contributed by atoms with Crippen molar-refractivity contribution in [3.63, 3.8) is 0 Å². The van der Waals surface area contributed by atoms with E-state index < -0.39 is 0 Å². The molecule has 18 heavy (non-hydrogen) atoms. The molecule has 0 saturated heterocycles. The molecular weight excluding hydrogens is 232 g/mol. The zero-order chi connectivity index (χ0) is 13.9. The van der Waals surface area contributed by atoms with Gasteiger partial charge in [-0.3, -0.25) is 9.59 Å². The van der Waals surface area contributed by atoms with Crippen molar-refractivity contribution in [1.82, 2.24) is 14.8 Å². The SMILES string of the molecule is CNC(=O)C(C)CN(C)C(=O)c1cc(N)cn1C. The van der Waals surface area contributed by atoms with Gasteiger partial charge >= 0.3 is 0 Å². The van der Waals surface area contributed by atoms with E-state index in [9.17, 15) is 9.59 Å². The summed E-state index contributed by atoms with van der Waals surface area (Å²) in [5, 5.41) is 2.56. The lowest BCUT2D eigenvalue weighted by molar-refractivity contribution is -0.124. The smallest absolute Gasteiger partial charge is 0.270 e. The lowest BCUT2D eigenvalue weighted by Crippen LogP contribution is -2.37. The number of rotatable bonds is 4. The van der Waals surface area contributed by atoms with Gasteiger partial charge in [0.2, 0.25) is 5.91 Å². The van der Waals surface area contributed by atoms with Gasteiger partial charge < -0.3 is 20.5 Å². The van der Waals surface area contributed by atoms with Crippen molar-refractivity contribution in [2.45, 2.75) is 6.92 Å². The third-order valence-corrected chi connectivity index (χ3v) is 2.83.